The minimum Gasteiger partial charge on any atom is -0.462 e. The quantitative estimate of drug-likeness (QED) is 0.0262. The van der Waals surface area contributed by atoms with E-state index in [-0.39, 0.29) is 31.6 Å². The van der Waals surface area contributed by atoms with E-state index >= 15 is 0 Å². The molecule has 0 aromatic carbocycles. The summed E-state index contributed by atoms with van der Waals surface area (Å²) in [6, 6.07) is 0. The fourth-order valence-electron chi connectivity index (χ4n) is 7.10. The Kier molecular flexibility index (Phi) is 47.9. The maximum atomic E-state index is 12.7. The lowest BCUT2D eigenvalue weighted by Gasteiger charge is -2.18. The zero-order valence-electron chi connectivity index (χ0n) is 40.6. The number of ether oxygens (including phenoxy) is 3. The zero-order chi connectivity index (χ0) is 45.1. The molecule has 0 bridgehead atoms. The molecule has 356 valence electrons. The van der Waals surface area contributed by atoms with E-state index in [0.29, 0.717) is 12.8 Å². The third-order valence-corrected chi connectivity index (χ3v) is 11.0. The molecular weight excluding hydrogens is 769 g/mol. The first-order valence-electron chi connectivity index (χ1n) is 25.9. The molecule has 6 heteroatoms. The number of esters is 3. The van der Waals surface area contributed by atoms with Crippen LogP contribution in [0.2, 0.25) is 0 Å². The topological polar surface area (TPSA) is 78.9 Å². The Hall–Kier alpha value is -3.15. The van der Waals surface area contributed by atoms with Gasteiger partial charge in [-0.2, -0.15) is 0 Å². The molecule has 1 unspecified atom stereocenters. The second-order valence-corrected chi connectivity index (χ2v) is 17.1. The first kappa shape index (κ1) is 58.9. The van der Waals surface area contributed by atoms with Crippen LogP contribution >= 0.6 is 0 Å². The highest BCUT2D eigenvalue weighted by atomic mass is 16.6. The molecule has 1 atom stereocenters. The van der Waals surface area contributed by atoms with Gasteiger partial charge in [-0.05, 0) is 70.6 Å². The Morgan fingerprint density at radius 3 is 1.08 bits per heavy atom. The Bertz CT molecular complexity index is 1180. The average Bonchev–Trinajstić information content (AvgIpc) is 3.27. The summed E-state index contributed by atoms with van der Waals surface area (Å²) in [5.74, 6) is -1.05. The summed E-state index contributed by atoms with van der Waals surface area (Å²) in [4.78, 5) is 37.9. The number of allylic oxidation sites excluding steroid dienone is 11. The number of unbranched alkanes of at least 4 members (excludes halogenated alkanes) is 24. The highest BCUT2D eigenvalue weighted by Crippen LogP contribution is 2.15. The Balaban J connectivity index is 4.47. The molecule has 0 spiro atoms. The summed E-state index contributed by atoms with van der Waals surface area (Å²) < 4.78 is 16.7. The minimum absolute atomic E-state index is 0.0970. The van der Waals surface area contributed by atoms with E-state index in [4.69, 9.17) is 14.2 Å². The van der Waals surface area contributed by atoms with E-state index in [1.807, 2.05) is 6.08 Å². The molecule has 0 aliphatic heterocycles. The van der Waals surface area contributed by atoms with Gasteiger partial charge in [0.05, 0.1) is 6.42 Å². The van der Waals surface area contributed by atoms with Gasteiger partial charge in [0.1, 0.15) is 13.2 Å². The largest absolute Gasteiger partial charge is 0.462 e. The Morgan fingerprint density at radius 2 is 0.677 bits per heavy atom. The van der Waals surface area contributed by atoms with Crippen molar-refractivity contribution in [1.29, 1.82) is 0 Å². The van der Waals surface area contributed by atoms with Crippen molar-refractivity contribution < 1.29 is 28.6 Å². The van der Waals surface area contributed by atoms with Crippen LogP contribution in [0.4, 0.5) is 0 Å². The molecule has 6 nitrogen and oxygen atoms in total. The summed E-state index contributed by atoms with van der Waals surface area (Å²) in [6.07, 6.45) is 63.4. The molecule has 0 rings (SSSR count). The summed E-state index contributed by atoms with van der Waals surface area (Å²) >= 11 is 0. The summed E-state index contributed by atoms with van der Waals surface area (Å²) in [7, 11) is 0. The second kappa shape index (κ2) is 50.5. The molecule has 0 heterocycles. The number of hydrogen-bond donors (Lipinski definition) is 0. The number of carbonyl (C=O) groups excluding carboxylic acids is 3. The maximum Gasteiger partial charge on any atom is 0.310 e. The Labute approximate surface area is 382 Å². The van der Waals surface area contributed by atoms with Crippen molar-refractivity contribution >= 4 is 17.9 Å². The fourth-order valence-corrected chi connectivity index (χ4v) is 7.10. The molecule has 0 N–H and O–H groups in total. The van der Waals surface area contributed by atoms with Crippen LogP contribution in [-0.2, 0) is 28.6 Å². The van der Waals surface area contributed by atoms with Crippen molar-refractivity contribution in [3.8, 4) is 0 Å². The molecule has 0 fully saturated rings. The molecule has 0 aromatic heterocycles. The van der Waals surface area contributed by atoms with Gasteiger partial charge in [0.25, 0.3) is 0 Å². The van der Waals surface area contributed by atoms with E-state index in [9.17, 15) is 14.4 Å². The van der Waals surface area contributed by atoms with E-state index < -0.39 is 12.1 Å². The molecule has 0 aliphatic carbocycles. The van der Waals surface area contributed by atoms with Crippen molar-refractivity contribution in [2.45, 2.75) is 252 Å². The molecular formula is C56H96O6. The van der Waals surface area contributed by atoms with Gasteiger partial charge in [-0.3, -0.25) is 14.4 Å². The molecule has 0 aliphatic rings. The maximum absolute atomic E-state index is 12.7. The predicted molar refractivity (Wildman–Crippen MR) is 265 cm³/mol. The summed E-state index contributed by atoms with van der Waals surface area (Å²) in [6.45, 7) is 6.42. The van der Waals surface area contributed by atoms with Gasteiger partial charge in [0.2, 0.25) is 0 Å². The highest BCUT2D eigenvalue weighted by molar-refractivity contribution is 5.72. The molecule has 0 radical (unpaired) electrons. The molecule has 0 aromatic rings. The van der Waals surface area contributed by atoms with Crippen molar-refractivity contribution in [1.82, 2.24) is 0 Å². The van der Waals surface area contributed by atoms with Crippen LogP contribution in [0.3, 0.4) is 0 Å². The number of hydrogen-bond acceptors (Lipinski definition) is 6. The van der Waals surface area contributed by atoms with Crippen molar-refractivity contribution in [3.63, 3.8) is 0 Å². The van der Waals surface area contributed by atoms with E-state index in [0.717, 1.165) is 83.5 Å². The lowest BCUT2D eigenvalue weighted by atomic mass is 10.0. The third-order valence-electron chi connectivity index (χ3n) is 11.0. The molecule has 0 saturated heterocycles. The van der Waals surface area contributed by atoms with Gasteiger partial charge in [-0.25, -0.2) is 0 Å². The van der Waals surface area contributed by atoms with Crippen LogP contribution in [0.5, 0.6) is 0 Å². The average molecular weight is 865 g/mol. The number of carbonyl (C=O) groups is 3. The molecule has 0 amide bonds. The summed E-state index contributed by atoms with van der Waals surface area (Å²) in [5, 5.41) is 0. The monoisotopic (exact) mass is 865 g/mol. The third kappa shape index (κ3) is 47.9. The lowest BCUT2D eigenvalue weighted by molar-refractivity contribution is -0.166. The zero-order valence-corrected chi connectivity index (χ0v) is 40.6. The first-order chi connectivity index (χ1) is 30.5. The van der Waals surface area contributed by atoms with Gasteiger partial charge in [0, 0.05) is 12.8 Å². The molecule has 0 saturated carbocycles. The van der Waals surface area contributed by atoms with Gasteiger partial charge < -0.3 is 14.2 Å². The Morgan fingerprint density at radius 1 is 0.355 bits per heavy atom. The fraction of sp³-hybridized carbons (Fsp3) is 0.732. The van der Waals surface area contributed by atoms with Crippen LogP contribution in [0.1, 0.15) is 245 Å². The normalized spacial score (nSPS) is 12.6. The number of rotatable bonds is 46. The summed E-state index contributed by atoms with van der Waals surface area (Å²) in [5.41, 5.74) is 0. The minimum atomic E-state index is -0.830. The van der Waals surface area contributed by atoms with Crippen molar-refractivity contribution in [2.24, 2.45) is 0 Å². The smallest absolute Gasteiger partial charge is 0.310 e. The van der Waals surface area contributed by atoms with Gasteiger partial charge in [-0.1, -0.05) is 229 Å². The van der Waals surface area contributed by atoms with Gasteiger partial charge in [0.15, 0.2) is 6.10 Å². The van der Waals surface area contributed by atoms with Crippen LogP contribution in [-0.4, -0.2) is 37.2 Å². The van der Waals surface area contributed by atoms with Crippen LogP contribution in [0.25, 0.3) is 0 Å². The van der Waals surface area contributed by atoms with E-state index in [1.165, 1.54) is 122 Å². The van der Waals surface area contributed by atoms with Crippen molar-refractivity contribution in [3.05, 3.63) is 72.9 Å². The first-order valence-corrected chi connectivity index (χ1v) is 25.9. The van der Waals surface area contributed by atoms with Gasteiger partial charge >= 0.3 is 17.9 Å². The lowest BCUT2D eigenvalue weighted by Crippen LogP contribution is -2.30. The second-order valence-electron chi connectivity index (χ2n) is 17.1. The van der Waals surface area contributed by atoms with Crippen molar-refractivity contribution in [2.75, 3.05) is 13.2 Å². The standard InChI is InChI=1S/C56H96O6/c1-4-7-10-13-16-19-22-25-27-28-30-31-34-37-40-43-46-49-55(58)61-52-53(51-60-54(57)48-45-42-39-36-33-24-21-18-15-12-9-6-3)62-56(59)50-47-44-41-38-35-32-29-26-23-20-17-14-11-8-5-2/h8,11,17-18,20-21,26,29,35,38,44,47,53H,4-7,9-10,12-16,19,22-25,27-28,30-34,36-37,39-43,45-46,48-52H2,1-3H3/b11-8-,20-17-,21-18-,29-26-,38-35-,47-44-. The van der Waals surface area contributed by atoms with Crippen LogP contribution < -0.4 is 0 Å². The predicted octanol–water partition coefficient (Wildman–Crippen LogP) is 17.0. The highest BCUT2D eigenvalue weighted by Gasteiger charge is 2.19. The van der Waals surface area contributed by atoms with E-state index in [2.05, 4.69) is 81.5 Å². The SMILES string of the molecule is CC/C=C\C/C=C\C/C=C\C/C=C\C/C=C\CC(=O)OC(COC(=O)CCCCCCC/C=C\CCCCC)COC(=O)CCCCCCCCCCCCCCCCCCC. The van der Waals surface area contributed by atoms with Gasteiger partial charge in [-0.15, -0.1) is 0 Å². The van der Waals surface area contributed by atoms with E-state index in [1.54, 1.807) is 6.08 Å². The van der Waals surface area contributed by atoms with Crippen LogP contribution in [0, 0.1) is 0 Å². The molecule has 62 heavy (non-hydrogen) atoms. The van der Waals surface area contributed by atoms with Crippen LogP contribution in [0.15, 0.2) is 72.9 Å².